The molecule has 2 aliphatic heterocycles. The van der Waals surface area contributed by atoms with Crippen LogP contribution >= 0.6 is 0 Å². The molecule has 2 heterocycles. The van der Waals surface area contributed by atoms with E-state index >= 15 is 0 Å². The van der Waals surface area contributed by atoms with Gasteiger partial charge in [-0.1, -0.05) is 48.5 Å². The third-order valence-corrected chi connectivity index (χ3v) is 8.20. The van der Waals surface area contributed by atoms with E-state index in [4.69, 9.17) is 19.9 Å². The quantitative estimate of drug-likeness (QED) is 0.0864. The number of amides is 6. The minimum Gasteiger partial charge on any atom is -0.460 e. The van der Waals surface area contributed by atoms with Gasteiger partial charge in [0.15, 0.2) is 0 Å². The lowest BCUT2D eigenvalue weighted by Gasteiger charge is -2.29. The number of nitrogens with zero attached hydrogens (tertiary/aromatic N) is 2. The number of carbonyl (C=O) groups is 7. The van der Waals surface area contributed by atoms with Gasteiger partial charge in [0.1, 0.15) is 35.9 Å². The molecule has 0 saturated heterocycles. The molecule has 6 amide bonds. The van der Waals surface area contributed by atoms with Crippen molar-refractivity contribution in [2.75, 3.05) is 4.90 Å². The Morgan fingerprint density at radius 3 is 2.16 bits per heavy atom. The van der Waals surface area contributed by atoms with Gasteiger partial charge >= 0.3 is 24.1 Å². The molecule has 0 unspecified atom stereocenters. The molecule has 0 saturated carbocycles. The molecule has 2 aromatic rings. The van der Waals surface area contributed by atoms with E-state index in [1.807, 2.05) is 17.6 Å². The highest BCUT2D eigenvalue weighted by atomic mass is 16.6. The summed E-state index contributed by atoms with van der Waals surface area (Å²) in [5.41, 5.74) is 8.15. The van der Waals surface area contributed by atoms with Gasteiger partial charge in [0.25, 0.3) is 0 Å². The van der Waals surface area contributed by atoms with Crippen molar-refractivity contribution in [3.8, 4) is 0 Å². The zero-order valence-electron chi connectivity index (χ0n) is 31.8. The Balaban J connectivity index is 1.55. The predicted octanol–water partition coefficient (Wildman–Crippen LogP) is 2.27. The molecule has 6 N–H and O–H groups in total. The fraction of sp³-hybridized carbons (Fsp3) is 0.474. The van der Waals surface area contributed by atoms with E-state index in [9.17, 15) is 33.6 Å². The SMILES string of the molecule is CC(C)(C)OC(=O)C[C@@H](/C=N/NC(N)=O)NC(=O)[C@@H]1Cc2cccc3c2N1C(=O)[C@@H](NC(=O)[C@H](CC(=O)OC(C)(C)C)NC(=O)OCc1ccccc1)CC3. The number of ether oxygens (including phenoxy) is 3. The van der Waals surface area contributed by atoms with Crippen LogP contribution in [0.3, 0.4) is 0 Å². The molecule has 0 aromatic heterocycles. The molecule has 2 aliphatic rings. The molecule has 4 atom stereocenters. The fourth-order valence-electron chi connectivity index (χ4n) is 6.09. The van der Waals surface area contributed by atoms with Crippen molar-refractivity contribution < 1.29 is 47.8 Å². The van der Waals surface area contributed by atoms with Gasteiger partial charge in [-0.2, -0.15) is 5.10 Å². The number of aryl methyl sites for hydroxylation is 1. The highest BCUT2D eigenvalue weighted by molar-refractivity contribution is 6.08. The van der Waals surface area contributed by atoms with Crippen molar-refractivity contribution in [1.82, 2.24) is 21.4 Å². The summed E-state index contributed by atoms with van der Waals surface area (Å²) >= 11 is 0. The van der Waals surface area contributed by atoms with Crippen LogP contribution in [-0.4, -0.2) is 83.4 Å². The highest BCUT2D eigenvalue weighted by Crippen LogP contribution is 2.39. The fourth-order valence-corrected chi connectivity index (χ4v) is 6.09. The molecule has 17 heteroatoms. The molecule has 0 radical (unpaired) electrons. The minimum atomic E-state index is -1.48. The second-order valence-corrected chi connectivity index (χ2v) is 15.2. The van der Waals surface area contributed by atoms with E-state index in [1.165, 1.54) is 4.90 Å². The highest BCUT2D eigenvalue weighted by Gasteiger charge is 2.45. The Hall–Kier alpha value is -6.00. The second kappa shape index (κ2) is 17.9. The average molecular weight is 764 g/mol. The summed E-state index contributed by atoms with van der Waals surface area (Å²) < 4.78 is 16.1. The molecular formula is C38H49N7O10. The molecule has 0 bridgehead atoms. The normalized spacial score (nSPS) is 17.6. The van der Waals surface area contributed by atoms with Crippen molar-refractivity contribution in [3.05, 3.63) is 65.2 Å². The van der Waals surface area contributed by atoms with Crippen LogP contribution in [0.15, 0.2) is 53.6 Å². The van der Waals surface area contributed by atoms with Crippen molar-refractivity contribution >= 4 is 53.7 Å². The Kier molecular flexibility index (Phi) is 13.6. The number of primary amides is 1. The smallest absolute Gasteiger partial charge is 0.408 e. The molecule has 0 spiro atoms. The first-order valence-corrected chi connectivity index (χ1v) is 17.8. The van der Waals surface area contributed by atoms with Crippen molar-refractivity contribution in [2.24, 2.45) is 10.8 Å². The molecule has 0 fully saturated rings. The molecule has 4 rings (SSSR count). The Morgan fingerprint density at radius 1 is 0.891 bits per heavy atom. The summed E-state index contributed by atoms with van der Waals surface area (Å²) in [5, 5.41) is 11.5. The monoisotopic (exact) mass is 763 g/mol. The van der Waals surface area contributed by atoms with Gasteiger partial charge in [0, 0.05) is 12.6 Å². The summed E-state index contributed by atoms with van der Waals surface area (Å²) in [7, 11) is 0. The van der Waals surface area contributed by atoms with Crippen LogP contribution in [0.1, 0.15) is 77.5 Å². The molecule has 55 heavy (non-hydrogen) atoms. The molecule has 0 aliphatic carbocycles. The van der Waals surface area contributed by atoms with Crippen LogP contribution in [0.25, 0.3) is 0 Å². The first-order chi connectivity index (χ1) is 25.8. The number of esters is 2. The summed E-state index contributed by atoms with van der Waals surface area (Å²) in [6.07, 6.45) is -0.164. The molecule has 17 nitrogen and oxygen atoms in total. The van der Waals surface area contributed by atoms with Gasteiger partial charge in [0.2, 0.25) is 17.7 Å². The number of anilines is 1. The second-order valence-electron chi connectivity index (χ2n) is 15.2. The van der Waals surface area contributed by atoms with E-state index in [-0.39, 0.29) is 25.9 Å². The zero-order valence-corrected chi connectivity index (χ0v) is 31.8. The number of nitrogens with two attached hydrogens (primary N) is 1. The number of alkyl carbamates (subject to hydrolysis) is 1. The van der Waals surface area contributed by atoms with Crippen LogP contribution in [-0.2, 0) is 57.6 Å². The van der Waals surface area contributed by atoms with Gasteiger partial charge < -0.3 is 35.9 Å². The van der Waals surface area contributed by atoms with Crippen molar-refractivity contribution in [1.29, 1.82) is 0 Å². The number of para-hydroxylation sites is 1. The van der Waals surface area contributed by atoms with Crippen molar-refractivity contribution in [2.45, 2.75) is 116 Å². The summed E-state index contributed by atoms with van der Waals surface area (Å²) in [5.74, 6) is -3.53. The number of urea groups is 1. The zero-order chi connectivity index (χ0) is 40.5. The Morgan fingerprint density at radius 2 is 1.53 bits per heavy atom. The van der Waals surface area contributed by atoms with Crippen LogP contribution in [0.5, 0.6) is 0 Å². The standard InChI is InChI=1S/C38H49N7O10/c1-37(2,3)54-29(46)18-25(20-40-44-35(39)51)41-33(49)28-17-24-14-10-13-23-15-16-26(34(50)45(28)31(23)24)42-32(48)27(19-30(47)55-38(4,5)6)43-36(52)53-21-22-11-8-7-9-12-22/h7-14,20,25-28H,15-19,21H2,1-6H3,(H,41,49)(H,42,48)(H,43,52)(H3,39,44,51)/b40-20+/t25-,26-,27-,28-/m0/s1. The number of rotatable bonds is 13. The maximum Gasteiger partial charge on any atom is 0.408 e. The van der Waals surface area contributed by atoms with E-state index in [0.29, 0.717) is 17.7 Å². The lowest BCUT2D eigenvalue weighted by molar-refractivity contribution is -0.157. The third-order valence-electron chi connectivity index (χ3n) is 8.20. The van der Waals surface area contributed by atoms with Crippen LogP contribution in [0, 0.1) is 0 Å². The van der Waals surface area contributed by atoms with Gasteiger partial charge in [0.05, 0.1) is 24.6 Å². The average Bonchev–Trinajstić information content (AvgIpc) is 3.41. The maximum atomic E-state index is 14.4. The number of nitrogens with one attached hydrogen (secondary N) is 4. The van der Waals surface area contributed by atoms with Crippen LogP contribution in [0.2, 0.25) is 0 Å². The summed E-state index contributed by atoms with van der Waals surface area (Å²) in [6.45, 7) is 9.92. The largest absolute Gasteiger partial charge is 0.460 e. The van der Waals surface area contributed by atoms with Crippen LogP contribution in [0.4, 0.5) is 15.3 Å². The topological polar surface area (TPSA) is 237 Å². The molecular weight excluding hydrogens is 714 g/mol. The maximum absolute atomic E-state index is 14.4. The summed E-state index contributed by atoms with van der Waals surface area (Å²) in [4.78, 5) is 93.2. The van der Waals surface area contributed by atoms with E-state index in [1.54, 1.807) is 77.9 Å². The van der Waals surface area contributed by atoms with Gasteiger partial charge in [-0.3, -0.25) is 28.9 Å². The number of benzene rings is 2. The van der Waals surface area contributed by atoms with Gasteiger partial charge in [-0.25, -0.2) is 15.0 Å². The Labute approximate surface area is 319 Å². The lowest BCUT2D eigenvalue weighted by Crippen LogP contribution is -2.58. The van der Waals surface area contributed by atoms with Crippen molar-refractivity contribution in [3.63, 3.8) is 0 Å². The van der Waals surface area contributed by atoms with E-state index in [2.05, 4.69) is 21.1 Å². The first kappa shape index (κ1) is 41.8. The van der Waals surface area contributed by atoms with Crippen LogP contribution < -0.4 is 32.0 Å². The minimum absolute atomic E-state index is 0.0975. The number of hydrazone groups is 1. The number of carbonyl (C=O) groups excluding carboxylic acids is 7. The lowest BCUT2D eigenvalue weighted by atomic mass is 10.0. The molecule has 2 aromatic carbocycles. The summed E-state index contributed by atoms with van der Waals surface area (Å²) in [6, 6.07) is 8.48. The third kappa shape index (κ3) is 12.5. The molecule has 296 valence electrons. The predicted molar refractivity (Wildman–Crippen MR) is 199 cm³/mol. The van der Waals surface area contributed by atoms with E-state index < -0.39 is 83.6 Å². The van der Waals surface area contributed by atoms with E-state index in [0.717, 1.165) is 17.3 Å². The van der Waals surface area contributed by atoms with Gasteiger partial charge in [-0.15, -0.1) is 0 Å². The van der Waals surface area contributed by atoms with Gasteiger partial charge in [-0.05, 0) is 71.1 Å². The Bertz CT molecular complexity index is 1800. The number of hydrogen-bond acceptors (Lipinski definition) is 11. The number of hydrogen-bond donors (Lipinski definition) is 5. The first-order valence-electron chi connectivity index (χ1n) is 17.8.